The van der Waals surface area contributed by atoms with E-state index in [4.69, 9.17) is 19.3 Å². The first-order chi connectivity index (χ1) is 24.3. The molecule has 0 aliphatic carbocycles. The van der Waals surface area contributed by atoms with Crippen molar-refractivity contribution in [3.05, 3.63) is 24.3 Å². The van der Waals surface area contributed by atoms with Gasteiger partial charge in [0.25, 0.3) is 0 Å². The summed E-state index contributed by atoms with van der Waals surface area (Å²) in [5.74, 6) is -0.893. The third-order valence-electron chi connectivity index (χ3n) is 8.97. The molecule has 1 atom stereocenters. The highest BCUT2D eigenvalue weighted by Gasteiger charge is 2.22. The van der Waals surface area contributed by atoms with Crippen LogP contribution in [0.1, 0.15) is 206 Å². The molecular weight excluding hydrogens is 651 g/mol. The summed E-state index contributed by atoms with van der Waals surface area (Å²) in [6, 6.07) is 0. The van der Waals surface area contributed by atoms with Crippen molar-refractivity contribution in [2.45, 2.75) is 213 Å². The first-order valence-corrected chi connectivity index (χ1v) is 22.2. The van der Waals surface area contributed by atoms with Gasteiger partial charge in [0.1, 0.15) is 6.61 Å². The molecule has 9 heteroatoms. The second kappa shape index (κ2) is 37.3. The molecule has 1 unspecified atom stereocenters. The lowest BCUT2D eigenvalue weighted by Gasteiger charge is -2.18. The number of hydrogen-bond donors (Lipinski definition) is 2. The normalized spacial score (nSPS) is 12.6. The molecule has 0 aliphatic rings. The van der Waals surface area contributed by atoms with Crippen LogP contribution in [0.25, 0.3) is 0 Å². The number of allylic oxidation sites excluding steroid dienone is 4. The molecule has 0 amide bonds. The second-order valence-electron chi connectivity index (χ2n) is 14.0. The quantitative estimate of drug-likeness (QED) is 0.0279. The molecule has 0 aliphatic heterocycles. The van der Waals surface area contributed by atoms with Crippen LogP contribution in [-0.2, 0) is 28.2 Å². The van der Waals surface area contributed by atoms with E-state index in [0.29, 0.717) is 6.42 Å². The van der Waals surface area contributed by atoms with Crippen molar-refractivity contribution < 1.29 is 37.9 Å². The largest absolute Gasteiger partial charge is 0.469 e. The maximum Gasteiger partial charge on any atom is 0.469 e. The summed E-state index contributed by atoms with van der Waals surface area (Å²) in [4.78, 5) is 42.8. The Kier molecular flexibility index (Phi) is 36.2. The standard InChI is InChI=1S/C41H77O8P/c1-3-5-7-9-11-13-15-17-19-20-21-22-24-25-27-29-31-33-35-40(42)47-37-39(38-48-50(44,45)46)49-41(43)36-34-32-30-28-26-23-18-16-14-12-10-8-6-4-2/h10,12,16,18,39H,3-9,11,13-15,17,19-38H2,1-2H3,(H2,44,45,46)/b12-10-,18-16-. The van der Waals surface area contributed by atoms with Crippen LogP contribution in [0.3, 0.4) is 0 Å². The van der Waals surface area contributed by atoms with Gasteiger partial charge in [-0.05, 0) is 38.5 Å². The minimum atomic E-state index is -4.75. The highest BCUT2D eigenvalue weighted by molar-refractivity contribution is 7.46. The highest BCUT2D eigenvalue weighted by atomic mass is 31.2. The van der Waals surface area contributed by atoms with Gasteiger partial charge in [0.15, 0.2) is 6.10 Å². The van der Waals surface area contributed by atoms with E-state index in [2.05, 4.69) is 42.7 Å². The zero-order valence-electron chi connectivity index (χ0n) is 32.3. The van der Waals surface area contributed by atoms with Crippen LogP contribution in [0, 0.1) is 0 Å². The molecule has 0 aromatic heterocycles. The molecule has 2 N–H and O–H groups in total. The van der Waals surface area contributed by atoms with Crippen LogP contribution in [0.2, 0.25) is 0 Å². The van der Waals surface area contributed by atoms with E-state index >= 15 is 0 Å². The van der Waals surface area contributed by atoms with Crippen LogP contribution in [0.5, 0.6) is 0 Å². The highest BCUT2D eigenvalue weighted by Crippen LogP contribution is 2.36. The Morgan fingerprint density at radius 3 is 1.38 bits per heavy atom. The molecule has 294 valence electrons. The lowest BCUT2D eigenvalue weighted by Crippen LogP contribution is -2.29. The van der Waals surface area contributed by atoms with Crippen LogP contribution < -0.4 is 0 Å². The van der Waals surface area contributed by atoms with Gasteiger partial charge in [0.05, 0.1) is 6.61 Å². The third-order valence-corrected chi connectivity index (χ3v) is 9.46. The topological polar surface area (TPSA) is 119 Å². The van der Waals surface area contributed by atoms with Crippen LogP contribution >= 0.6 is 7.82 Å². The molecule has 0 saturated carbocycles. The molecule has 0 heterocycles. The predicted octanol–water partition coefficient (Wildman–Crippen LogP) is 12.4. The summed E-state index contributed by atoms with van der Waals surface area (Å²) in [6.45, 7) is 3.65. The zero-order valence-corrected chi connectivity index (χ0v) is 33.2. The van der Waals surface area contributed by atoms with Crippen molar-refractivity contribution in [1.29, 1.82) is 0 Å². The van der Waals surface area contributed by atoms with Gasteiger partial charge in [-0.1, -0.05) is 179 Å². The number of unbranched alkanes of at least 4 members (excludes halogenated alkanes) is 24. The van der Waals surface area contributed by atoms with Crippen LogP contribution in [-0.4, -0.2) is 41.0 Å². The molecule has 0 saturated heterocycles. The number of carbonyl (C=O) groups is 2. The molecule has 0 spiro atoms. The fourth-order valence-corrected chi connectivity index (χ4v) is 6.22. The Hall–Kier alpha value is -1.47. The number of hydrogen-bond acceptors (Lipinski definition) is 6. The van der Waals surface area contributed by atoms with E-state index in [0.717, 1.165) is 64.2 Å². The fraction of sp³-hybridized carbons (Fsp3) is 0.854. The van der Waals surface area contributed by atoms with Crippen LogP contribution in [0.4, 0.5) is 0 Å². The SMILES string of the molecule is CCCC/C=C\C/C=C\CCCCCCCC(=O)OC(COC(=O)CCCCCCCCCCCCCCCCCCCC)COP(=O)(O)O. The summed E-state index contributed by atoms with van der Waals surface area (Å²) >= 11 is 0. The molecular formula is C41H77O8P. The van der Waals surface area contributed by atoms with E-state index in [1.165, 1.54) is 109 Å². The Bertz CT molecular complexity index is 869. The molecule has 8 nitrogen and oxygen atoms in total. The van der Waals surface area contributed by atoms with Crippen molar-refractivity contribution in [3.63, 3.8) is 0 Å². The summed E-state index contributed by atoms with van der Waals surface area (Å²) in [7, 11) is -4.75. The van der Waals surface area contributed by atoms with Crippen LogP contribution in [0.15, 0.2) is 24.3 Å². The maximum atomic E-state index is 12.4. The fourth-order valence-electron chi connectivity index (χ4n) is 5.86. The van der Waals surface area contributed by atoms with E-state index in [1.54, 1.807) is 0 Å². The van der Waals surface area contributed by atoms with Crippen molar-refractivity contribution in [2.75, 3.05) is 13.2 Å². The van der Waals surface area contributed by atoms with Crippen molar-refractivity contribution in [1.82, 2.24) is 0 Å². The summed E-state index contributed by atoms with van der Waals surface area (Å²) in [5, 5.41) is 0. The lowest BCUT2D eigenvalue weighted by atomic mass is 10.0. The Morgan fingerprint density at radius 2 is 0.920 bits per heavy atom. The maximum absolute atomic E-state index is 12.4. The van der Waals surface area contributed by atoms with Gasteiger partial charge in [-0.2, -0.15) is 0 Å². The molecule has 0 aromatic rings. The molecule has 50 heavy (non-hydrogen) atoms. The van der Waals surface area contributed by atoms with E-state index in [9.17, 15) is 14.2 Å². The summed E-state index contributed by atoms with van der Waals surface area (Å²) in [5.41, 5.74) is 0. The monoisotopic (exact) mass is 729 g/mol. The number of esters is 2. The predicted molar refractivity (Wildman–Crippen MR) is 207 cm³/mol. The van der Waals surface area contributed by atoms with Gasteiger partial charge < -0.3 is 19.3 Å². The third kappa shape index (κ3) is 39.3. The molecule has 0 radical (unpaired) electrons. The molecule has 0 bridgehead atoms. The molecule has 0 rings (SSSR count). The van der Waals surface area contributed by atoms with Gasteiger partial charge in [-0.3, -0.25) is 14.1 Å². The minimum Gasteiger partial charge on any atom is -0.462 e. The number of phosphoric acid groups is 1. The summed E-state index contributed by atoms with van der Waals surface area (Å²) < 4.78 is 26.4. The first kappa shape index (κ1) is 48.5. The zero-order chi connectivity index (χ0) is 36.8. The van der Waals surface area contributed by atoms with Gasteiger partial charge in [0.2, 0.25) is 0 Å². The number of carbonyl (C=O) groups excluding carboxylic acids is 2. The minimum absolute atomic E-state index is 0.198. The Labute approximate surface area is 307 Å². The summed E-state index contributed by atoms with van der Waals surface area (Å²) in [6.07, 6.45) is 41.8. The van der Waals surface area contributed by atoms with Gasteiger partial charge in [0, 0.05) is 12.8 Å². The Morgan fingerprint density at radius 1 is 0.520 bits per heavy atom. The second-order valence-corrected chi connectivity index (χ2v) is 15.2. The van der Waals surface area contributed by atoms with Gasteiger partial charge in [-0.15, -0.1) is 0 Å². The van der Waals surface area contributed by atoms with E-state index < -0.39 is 32.5 Å². The average Bonchev–Trinajstić information content (AvgIpc) is 3.08. The number of rotatable bonds is 38. The van der Waals surface area contributed by atoms with Gasteiger partial charge >= 0.3 is 19.8 Å². The Balaban J connectivity index is 3.90. The number of phosphoric ester groups is 1. The van der Waals surface area contributed by atoms with E-state index in [1.807, 2.05) is 0 Å². The lowest BCUT2D eigenvalue weighted by molar-refractivity contribution is -0.161. The van der Waals surface area contributed by atoms with Crippen molar-refractivity contribution in [2.24, 2.45) is 0 Å². The number of ether oxygens (including phenoxy) is 2. The average molecular weight is 729 g/mol. The first-order valence-electron chi connectivity index (χ1n) is 20.6. The van der Waals surface area contributed by atoms with Gasteiger partial charge in [-0.25, -0.2) is 4.57 Å². The van der Waals surface area contributed by atoms with Crippen molar-refractivity contribution in [3.8, 4) is 0 Å². The smallest absolute Gasteiger partial charge is 0.462 e. The molecule has 0 aromatic carbocycles. The molecule has 0 fully saturated rings. The van der Waals surface area contributed by atoms with E-state index in [-0.39, 0.29) is 19.4 Å². The van der Waals surface area contributed by atoms with Crippen molar-refractivity contribution >= 4 is 19.8 Å².